The van der Waals surface area contributed by atoms with E-state index in [2.05, 4.69) is 52.9 Å². The first-order valence-corrected chi connectivity index (χ1v) is 7.87. The maximum absolute atomic E-state index is 6.41. The van der Waals surface area contributed by atoms with Crippen LogP contribution in [0.2, 0.25) is 0 Å². The van der Waals surface area contributed by atoms with Crippen molar-refractivity contribution in [1.29, 1.82) is 0 Å². The minimum absolute atomic E-state index is 0.181. The summed E-state index contributed by atoms with van der Waals surface area (Å²) in [5.74, 6) is 0. The summed E-state index contributed by atoms with van der Waals surface area (Å²) in [5, 5.41) is 4.38. The van der Waals surface area contributed by atoms with Crippen molar-refractivity contribution in [2.45, 2.75) is 31.8 Å². The van der Waals surface area contributed by atoms with Crippen LogP contribution in [0.15, 0.2) is 41.1 Å². The Morgan fingerprint density at radius 1 is 1.32 bits per heavy atom. The molecule has 1 aliphatic rings. The lowest BCUT2D eigenvalue weighted by Gasteiger charge is -2.34. The third-order valence-electron chi connectivity index (χ3n) is 4.02. The van der Waals surface area contributed by atoms with Gasteiger partial charge in [0.1, 0.15) is 0 Å². The van der Waals surface area contributed by atoms with Gasteiger partial charge in [0.2, 0.25) is 0 Å². The third-order valence-corrected chi connectivity index (χ3v) is 4.72. The second kappa shape index (κ2) is 5.35. The lowest BCUT2D eigenvalue weighted by Crippen LogP contribution is -2.40. The molecule has 0 bridgehead atoms. The van der Waals surface area contributed by atoms with E-state index in [4.69, 9.17) is 5.73 Å². The SMILES string of the molecule is CCC(N)C(c1ccsc1)N1CCc2ccccc21. The number of hydrogen-bond acceptors (Lipinski definition) is 3. The van der Waals surface area contributed by atoms with E-state index in [1.807, 2.05) is 0 Å². The van der Waals surface area contributed by atoms with Gasteiger partial charge >= 0.3 is 0 Å². The predicted molar refractivity (Wildman–Crippen MR) is 82.8 cm³/mol. The van der Waals surface area contributed by atoms with Crippen LogP contribution in [0.25, 0.3) is 0 Å². The number of anilines is 1. The predicted octanol–water partition coefficient (Wildman–Crippen LogP) is 3.59. The molecule has 0 amide bonds. The Balaban J connectivity index is 1.98. The first-order chi connectivity index (χ1) is 9.31. The summed E-state index contributed by atoms with van der Waals surface area (Å²) >= 11 is 1.75. The molecule has 1 aliphatic heterocycles. The Morgan fingerprint density at radius 3 is 2.89 bits per heavy atom. The van der Waals surface area contributed by atoms with Gasteiger partial charge < -0.3 is 10.6 Å². The van der Waals surface area contributed by atoms with Crippen molar-refractivity contribution < 1.29 is 0 Å². The molecule has 1 aromatic heterocycles. The monoisotopic (exact) mass is 272 g/mol. The van der Waals surface area contributed by atoms with Crippen molar-refractivity contribution in [3.05, 3.63) is 52.2 Å². The number of thiophene rings is 1. The highest BCUT2D eigenvalue weighted by molar-refractivity contribution is 7.08. The molecule has 2 unspecified atom stereocenters. The van der Waals surface area contributed by atoms with Gasteiger partial charge in [0.25, 0.3) is 0 Å². The van der Waals surface area contributed by atoms with Gasteiger partial charge in [-0.1, -0.05) is 25.1 Å². The molecule has 2 heterocycles. The van der Waals surface area contributed by atoms with Crippen LogP contribution in [0.4, 0.5) is 5.69 Å². The van der Waals surface area contributed by atoms with Crippen molar-refractivity contribution in [1.82, 2.24) is 0 Å². The van der Waals surface area contributed by atoms with Crippen LogP contribution in [0.1, 0.15) is 30.5 Å². The van der Waals surface area contributed by atoms with Gasteiger partial charge in [0, 0.05) is 18.3 Å². The van der Waals surface area contributed by atoms with Gasteiger partial charge in [-0.2, -0.15) is 11.3 Å². The van der Waals surface area contributed by atoms with Crippen molar-refractivity contribution in [2.24, 2.45) is 5.73 Å². The minimum atomic E-state index is 0.181. The van der Waals surface area contributed by atoms with Crippen LogP contribution in [0.3, 0.4) is 0 Å². The molecule has 2 nitrogen and oxygen atoms in total. The molecule has 100 valence electrons. The van der Waals surface area contributed by atoms with Crippen LogP contribution in [0.5, 0.6) is 0 Å². The Bertz CT molecular complexity index is 535. The van der Waals surface area contributed by atoms with Crippen LogP contribution >= 0.6 is 11.3 Å². The van der Waals surface area contributed by atoms with Gasteiger partial charge in [0.05, 0.1) is 6.04 Å². The fourth-order valence-corrected chi connectivity index (χ4v) is 3.67. The molecule has 0 radical (unpaired) electrons. The highest BCUT2D eigenvalue weighted by Crippen LogP contribution is 2.37. The standard InChI is InChI=1S/C16H20N2S/c1-2-14(17)16(13-8-10-19-11-13)18-9-7-12-5-3-4-6-15(12)18/h3-6,8,10-11,14,16H,2,7,9,17H2,1H3. The lowest BCUT2D eigenvalue weighted by atomic mass is 9.98. The quantitative estimate of drug-likeness (QED) is 0.921. The number of para-hydroxylation sites is 1. The van der Waals surface area contributed by atoms with Crippen LogP contribution < -0.4 is 10.6 Å². The minimum Gasteiger partial charge on any atom is -0.362 e. The molecule has 0 spiro atoms. The van der Waals surface area contributed by atoms with Crippen LogP contribution in [0, 0.1) is 0 Å². The summed E-state index contributed by atoms with van der Waals surface area (Å²) in [5.41, 5.74) is 10.6. The Hall–Kier alpha value is -1.32. The van der Waals surface area contributed by atoms with Gasteiger partial charge in [-0.25, -0.2) is 0 Å². The zero-order chi connectivity index (χ0) is 13.2. The van der Waals surface area contributed by atoms with E-state index in [1.165, 1.54) is 16.8 Å². The van der Waals surface area contributed by atoms with E-state index in [0.717, 1.165) is 19.4 Å². The summed E-state index contributed by atoms with van der Waals surface area (Å²) in [6.07, 6.45) is 2.13. The number of benzene rings is 1. The summed E-state index contributed by atoms with van der Waals surface area (Å²) in [6.45, 7) is 3.25. The van der Waals surface area contributed by atoms with Gasteiger partial charge in [-0.15, -0.1) is 0 Å². The first-order valence-electron chi connectivity index (χ1n) is 6.93. The van der Waals surface area contributed by atoms with Gasteiger partial charge in [-0.3, -0.25) is 0 Å². The van der Waals surface area contributed by atoms with Crippen molar-refractivity contribution in [2.75, 3.05) is 11.4 Å². The molecule has 3 rings (SSSR count). The van der Waals surface area contributed by atoms with Crippen LogP contribution in [-0.2, 0) is 6.42 Å². The Morgan fingerprint density at radius 2 is 2.16 bits per heavy atom. The molecule has 2 N–H and O–H groups in total. The fourth-order valence-electron chi connectivity index (χ4n) is 2.98. The fraction of sp³-hybridized carbons (Fsp3) is 0.375. The van der Waals surface area contributed by atoms with E-state index >= 15 is 0 Å². The van der Waals surface area contributed by atoms with E-state index in [-0.39, 0.29) is 6.04 Å². The summed E-state index contributed by atoms with van der Waals surface area (Å²) in [7, 11) is 0. The van der Waals surface area contributed by atoms with E-state index < -0.39 is 0 Å². The number of nitrogens with zero attached hydrogens (tertiary/aromatic N) is 1. The lowest BCUT2D eigenvalue weighted by molar-refractivity contribution is 0.499. The van der Waals surface area contributed by atoms with Crippen molar-refractivity contribution in [3.8, 4) is 0 Å². The van der Waals surface area contributed by atoms with Gasteiger partial charge in [0.15, 0.2) is 0 Å². The third kappa shape index (κ3) is 2.28. The number of rotatable bonds is 4. The van der Waals surface area contributed by atoms with E-state index in [0.29, 0.717) is 6.04 Å². The van der Waals surface area contributed by atoms with E-state index in [1.54, 1.807) is 11.3 Å². The maximum atomic E-state index is 6.41. The van der Waals surface area contributed by atoms with Crippen molar-refractivity contribution in [3.63, 3.8) is 0 Å². The topological polar surface area (TPSA) is 29.3 Å². The second-order valence-corrected chi connectivity index (χ2v) is 5.93. The molecule has 2 aromatic rings. The molecule has 3 heteroatoms. The molecule has 2 atom stereocenters. The molecular formula is C16H20N2S. The maximum Gasteiger partial charge on any atom is 0.0701 e. The molecule has 0 saturated carbocycles. The average Bonchev–Trinajstić information content (AvgIpc) is 3.09. The molecule has 1 aromatic carbocycles. The van der Waals surface area contributed by atoms with Gasteiger partial charge in [-0.05, 0) is 46.9 Å². The zero-order valence-corrected chi connectivity index (χ0v) is 12.1. The molecule has 0 aliphatic carbocycles. The summed E-state index contributed by atoms with van der Waals surface area (Å²) in [6, 6.07) is 11.4. The van der Waals surface area contributed by atoms with E-state index in [9.17, 15) is 0 Å². The number of fused-ring (bicyclic) bond motifs is 1. The Kier molecular flexibility index (Phi) is 3.58. The number of nitrogens with two attached hydrogens (primary N) is 1. The van der Waals surface area contributed by atoms with Crippen LogP contribution in [-0.4, -0.2) is 12.6 Å². The van der Waals surface area contributed by atoms with Crippen molar-refractivity contribution >= 4 is 17.0 Å². The highest BCUT2D eigenvalue weighted by atomic mass is 32.1. The first kappa shape index (κ1) is 12.7. The molecule has 0 saturated heterocycles. The Labute approximate surface area is 118 Å². The smallest absolute Gasteiger partial charge is 0.0701 e. The normalized spacial score (nSPS) is 17.3. The summed E-state index contributed by atoms with van der Waals surface area (Å²) < 4.78 is 0. The zero-order valence-electron chi connectivity index (χ0n) is 11.3. The average molecular weight is 272 g/mol. The molecule has 0 fully saturated rings. The molecule has 19 heavy (non-hydrogen) atoms. The number of hydrogen-bond donors (Lipinski definition) is 1. The largest absolute Gasteiger partial charge is 0.362 e. The molecular weight excluding hydrogens is 252 g/mol. The second-order valence-electron chi connectivity index (χ2n) is 5.15. The highest BCUT2D eigenvalue weighted by Gasteiger charge is 2.30. The summed E-state index contributed by atoms with van der Waals surface area (Å²) in [4.78, 5) is 2.49.